The summed E-state index contributed by atoms with van der Waals surface area (Å²) in [7, 11) is 1.47. The van der Waals surface area contributed by atoms with Gasteiger partial charge in [0.1, 0.15) is 22.7 Å². The zero-order chi connectivity index (χ0) is 20.3. The van der Waals surface area contributed by atoms with Crippen LogP contribution in [0.2, 0.25) is 0 Å². The van der Waals surface area contributed by atoms with Crippen LogP contribution in [0.15, 0.2) is 28.5 Å². The lowest BCUT2D eigenvalue weighted by Gasteiger charge is -2.17. The summed E-state index contributed by atoms with van der Waals surface area (Å²) < 4.78 is 16.0. The van der Waals surface area contributed by atoms with Crippen molar-refractivity contribution in [2.45, 2.75) is 13.3 Å². The fraction of sp³-hybridized carbons (Fsp3) is 0.278. The number of fused-ring (bicyclic) bond motifs is 1. The summed E-state index contributed by atoms with van der Waals surface area (Å²) in [5, 5.41) is 11.7. The number of anilines is 2. The molecule has 0 aliphatic carbocycles. The van der Waals surface area contributed by atoms with E-state index in [1.165, 1.54) is 23.2 Å². The van der Waals surface area contributed by atoms with Crippen molar-refractivity contribution in [2.24, 2.45) is 7.05 Å². The lowest BCUT2D eigenvalue weighted by molar-refractivity contribution is 0.0170. The van der Waals surface area contributed by atoms with E-state index in [-0.39, 0.29) is 35.8 Å². The highest BCUT2D eigenvalue weighted by molar-refractivity contribution is 7.17. The molecule has 10 heteroatoms. The van der Waals surface area contributed by atoms with Crippen molar-refractivity contribution in [3.63, 3.8) is 0 Å². The average molecular weight is 406 g/mol. The van der Waals surface area contributed by atoms with Crippen molar-refractivity contribution >= 4 is 39.0 Å². The number of hydrogen-bond donors (Lipinski definition) is 3. The van der Waals surface area contributed by atoms with E-state index in [0.29, 0.717) is 11.1 Å². The van der Waals surface area contributed by atoms with Crippen molar-refractivity contribution in [1.29, 1.82) is 0 Å². The van der Waals surface area contributed by atoms with Crippen LogP contribution in [0.25, 0.3) is 10.2 Å². The van der Waals surface area contributed by atoms with Gasteiger partial charge in [-0.25, -0.2) is 14.9 Å². The van der Waals surface area contributed by atoms with Crippen LogP contribution >= 0.6 is 11.3 Å². The minimum atomic E-state index is -0.647. The average Bonchev–Trinajstić information content (AvgIpc) is 3.17. The van der Waals surface area contributed by atoms with E-state index in [4.69, 9.17) is 9.94 Å². The topological polar surface area (TPSA) is 105 Å². The maximum atomic E-state index is 14.5. The summed E-state index contributed by atoms with van der Waals surface area (Å²) >= 11 is 1.12. The summed E-state index contributed by atoms with van der Waals surface area (Å²) in [6, 6.07) is 4.72. The van der Waals surface area contributed by atoms with Crippen molar-refractivity contribution in [1.82, 2.24) is 15.0 Å². The molecule has 0 saturated heterocycles. The van der Waals surface area contributed by atoms with E-state index >= 15 is 0 Å². The molecule has 0 atom stereocenters. The van der Waals surface area contributed by atoms with Gasteiger partial charge in [-0.05, 0) is 24.1 Å². The van der Waals surface area contributed by atoms with Crippen LogP contribution < -0.4 is 16.4 Å². The Labute approximate surface area is 163 Å². The van der Waals surface area contributed by atoms with Gasteiger partial charge in [-0.15, -0.1) is 11.3 Å². The Morgan fingerprint density at radius 3 is 2.89 bits per heavy atom. The third kappa shape index (κ3) is 3.75. The number of aryl methyl sites for hydroxylation is 1. The number of rotatable bonds is 7. The number of benzene rings is 1. The number of carbonyl (C=O) groups is 1. The molecule has 3 aromatic rings. The van der Waals surface area contributed by atoms with Crippen LogP contribution in [0.5, 0.6) is 0 Å². The molecule has 0 aliphatic heterocycles. The second-order valence-electron chi connectivity index (χ2n) is 5.91. The first kappa shape index (κ1) is 19.9. The number of nitrogens with zero attached hydrogens (tertiary/aromatic N) is 2. The number of aromatic nitrogens is 2. The normalized spacial score (nSPS) is 11.0. The highest BCUT2D eigenvalue weighted by Gasteiger charge is 2.23. The summed E-state index contributed by atoms with van der Waals surface area (Å²) in [6.07, 6.45) is 0.679. The zero-order valence-electron chi connectivity index (χ0n) is 15.3. The van der Waals surface area contributed by atoms with E-state index in [1.807, 2.05) is 6.92 Å². The number of pyridine rings is 1. The van der Waals surface area contributed by atoms with Crippen LogP contribution in [-0.4, -0.2) is 33.8 Å². The van der Waals surface area contributed by atoms with Gasteiger partial charge in [-0.2, -0.15) is 0 Å². The van der Waals surface area contributed by atoms with Gasteiger partial charge in [0.2, 0.25) is 0 Å². The number of thiazole rings is 1. The first-order valence-corrected chi connectivity index (χ1v) is 9.40. The lowest BCUT2D eigenvalue weighted by Crippen LogP contribution is -2.30. The molecule has 3 rings (SSSR count). The lowest BCUT2D eigenvalue weighted by atomic mass is 10.1. The van der Waals surface area contributed by atoms with Gasteiger partial charge in [0.25, 0.3) is 11.5 Å². The molecule has 2 heterocycles. The fourth-order valence-electron chi connectivity index (χ4n) is 2.69. The fourth-order valence-corrected chi connectivity index (χ4v) is 3.51. The Morgan fingerprint density at radius 1 is 1.43 bits per heavy atom. The molecule has 28 heavy (non-hydrogen) atoms. The van der Waals surface area contributed by atoms with Gasteiger partial charge < -0.3 is 10.4 Å². The molecular weight excluding hydrogens is 387 g/mol. The number of hydrogen-bond acceptors (Lipinski definition) is 7. The number of carbonyl (C=O) groups excluding carboxylic acids is 1. The standard InChI is InChI=1S/C18H19FN4O4S/c1-3-10-4-5-12(11(19)8-10)21-16-13(17(25)22-27-7-6-24)15-14(20-9-28-15)18(26)23(16)2/h4-5,8-9,21,24H,3,6-7H2,1-2H3,(H,22,25). The summed E-state index contributed by atoms with van der Waals surface area (Å²) in [6.45, 7) is 1.54. The van der Waals surface area contributed by atoms with E-state index in [2.05, 4.69) is 15.8 Å². The van der Waals surface area contributed by atoms with Gasteiger partial charge >= 0.3 is 0 Å². The van der Waals surface area contributed by atoms with Crippen LogP contribution in [-0.2, 0) is 18.3 Å². The molecule has 0 spiro atoms. The van der Waals surface area contributed by atoms with E-state index in [9.17, 15) is 14.0 Å². The second kappa shape index (κ2) is 8.46. The minimum Gasteiger partial charge on any atom is -0.394 e. The number of halogens is 1. The quantitative estimate of drug-likeness (QED) is 0.410. The first-order valence-electron chi connectivity index (χ1n) is 8.52. The minimum absolute atomic E-state index is 0.0940. The molecule has 0 radical (unpaired) electrons. The molecule has 8 nitrogen and oxygen atoms in total. The Bertz CT molecular complexity index is 1080. The van der Waals surface area contributed by atoms with Crippen LogP contribution in [0.1, 0.15) is 22.8 Å². The van der Waals surface area contributed by atoms with Gasteiger partial charge in [0.15, 0.2) is 0 Å². The second-order valence-corrected chi connectivity index (χ2v) is 6.77. The molecule has 1 aromatic carbocycles. The molecule has 0 fully saturated rings. The number of hydroxylamine groups is 1. The number of aliphatic hydroxyl groups is 1. The number of aliphatic hydroxyl groups excluding tert-OH is 1. The molecule has 148 valence electrons. The predicted molar refractivity (Wildman–Crippen MR) is 104 cm³/mol. The van der Waals surface area contributed by atoms with E-state index in [1.54, 1.807) is 12.1 Å². The van der Waals surface area contributed by atoms with Gasteiger partial charge in [-0.1, -0.05) is 13.0 Å². The Hall–Kier alpha value is -2.82. The van der Waals surface area contributed by atoms with Crippen molar-refractivity contribution in [3.8, 4) is 0 Å². The van der Waals surface area contributed by atoms with Crippen LogP contribution in [0.4, 0.5) is 15.9 Å². The Morgan fingerprint density at radius 2 is 2.21 bits per heavy atom. The SMILES string of the molecule is CCc1ccc(Nc2c(C(=O)NOCCO)c3scnc3c(=O)n2C)c(F)c1. The molecule has 0 unspecified atom stereocenters. The largest absolute Gasteiger partial charge is 0.394 e. The van der Waals surface area contributed by atoms with Crippen molar-refractivity contribution in [3.05, 3.63) is 51.0 Å². The molecule has 2 aromatic heterocycles. The summed E-state index contributed by atoms with van der Waals surface area (Å²) in [5.41, 5.74) is 4.43. The number of amides is 1. The van der Waals surface area contributed by atoms with E-state index < -0.39 is 17.3 Å². The maximum Gasteiger partial charge on any atom is 0.280 e. The van der Waals surface area contributed by atoms with Gasteiger partial charge in [-0.3, -0.25) is 19.0 Å². The highest BCUT2D eigenvalue weighted by Crippen LogP contribution is 2.29. The maximum absolute atomic E-state index is 14.5. The smallest absolute Gasteiger partial charge is 0.280 e. The van der Waals surface area contributed by atoms with Crippen LogP contribution in [0, 0.1) is 5.82 Å². The van der Waals surface area contributed by atoms with Crippen molar-refractivity contribution < 1.29 is 19.1 Å². The van der Waals surface area contributed by atoms with E-state index in [0.717, 1.165) is 16.9 Å². The van der Waals surface area contributed by atoms with Gasteiger partial charge in [0, 0.05) is 7.05 Å². The first-order chi connectivity index (χ1) is 13.5. The highest BCUT2D eigenvalue weighted by atomic mass is 32.1. The molecule has 0 saturated carbocycles. The van der Waals surface area contributed by atoms with Crippen molar-refractivity contribution in [2.75, 3.05) is 18.5 Å². The monoisotopic (exact) mass is 406 g/mol. The van der Waals surface area contributed by atoms with Crippen LogP contribution in [0.3, 0.4) is 0 Å². The summed E-state index contributed by atoms with van der Waals surface area (Å²) in [4.78, 5) is 34.2. The zero-order valence-corrected chi connectivity index (χ0v) is 16.1. The third-order valence-electron chi connectivity index (χ3n) is 4.15. The molecule has 0 aliphatic rings. The summed E-state index contributed by atoms with van der Waals surface area (Å²) in [5.74, 6) is -1.04. The molecule has 1 amide bonds. The third-order valence-corrected chi connectivity index (χ3v) is 5.00. The predicted octanol–water partition coefficient (Wildman–Crippen LogP) is 2.09. The Kier molecular flexibility index (Phi) is 6.02. The Balaban J connectivity index is 2.12. The molecule has 0 bridgehead atoms. The molecular formula is C18H19FN4O4S. The molecule has 3 N–H and O–H groups in total. The number of nitrogens with one attached hydrogen (secondary N) is 2. The van der Waals surface area contributed by atoms with Gasteiger partial charge in [0.05, 0.1) is 29.1 Å².